The van der Waals surface area contributed by atoms with Gasteiger partial charge < -0.3 is 5.32 Å². The Balaban J connectivity index is 1.96. The van der Waals surface area contributed by atoms with Gasteiger partial charge in [-0.1, -0.05) is 0 Å². The highest BCUT2D eigenvalue weighted by atomic mass is 16.2. The second-order valence-corrected chi connectivity index (χ2v) is 3.70. The Kier molecular flexibility index (Phi) is 2.02. The van der Waals surface area contributed by atoms with Crippen LogP contribution in [0, 0.1) is 0 Å². The van der Waals surface area contributed by atoms with Gasteiger partial charge in [0.15, 0.2) is 0 Å². The zero-order chi connectivity index (χ0) is 8.44. The monoisotopic (exact) mass is 169 g/mol. The highest BCUT2D eigenvalue weighted by molar-refractivity contribution is 5.76. The van der Waals surface area contributed by atoms with Crippen molar-refractivity contribution in [1.82, 2.24) is 16.2 Å². The molecule has 0 atom stereocenters. The van der Waals surface area contributed by atoms with Crippen molar-refractivity contribution in [2.45, 2.75) is 31.2 Å². The smallest absolute Gasteiger partial charge is 0.234 e. The Hall–Kier alpha value is -0.610. The molecule has 0 bridgehead atoms. The molecule has 0 radical (unpaired) electrons. The number of nitrogens with one attached hydrogen (secondary N) is 3. The van der Waals surface area contributed by atoms with Crippen LogP contribution in [0.1, 0.15) is 25.7 Å². The Labute approximate surface area is 72.1 Å². The molecule has 2 rings (SSSR count). The molecule has 3 N–H and O–H groups in total. The summed E-state index contributed by atoms with van der Waals surface area (Å²) in [5.74, 6) is 0.124. The molecule has 0 aromatic rings. The lowest BCUT2D eigenvalue weighted by Gasteiger charge is -2.41. The Morgan fingerprint density at radius 1 is 1.17 bits per heavy atom. The molecule has 2 fully saturated rings. The lowest BCUT2D eigenvalue weighted by Crippen LogP contribution is -2.61. The molecule has 68 valence electrons. The first kappa shape index (κ1) is 8.01. The number of hydrazine groups is 1. The molecule has 2 heterocycles. The molecule has 1 amide bonds. The van der Waals surface area contributed by atoms with E-state index in [9.17, 15) is 4.79 Å². The van der Waals surface area contributed by atoms with E-state index in [2.05, 4.69) is 16.2 Å². The van der Waals surface area contributed by atoms with Gasteiger partial charge in [-0.3, -0.25) is 10.2 Å². The van der Waals surface area contributed by atoms with E-state index in [-0.39, 0.29) is 11.4 Å². The van der Waals surface area contributed by atoms with Crippen molar-refractivity contribution in [2.75, 3.05) is 13.1 Å². The summed E-state index contributed by atoms with van der Waals surface area (Å²) in [6.45, 7) is 2.12. The van der Waals surface area contributed by atoms with Crippen molar-refractivity contribution in [1.29, 1.82) is 0 Å². The van der Waals surface area contributed by atoms with Crippen LogP contribution in [-0.4, -0.2) is 24.5 Å². The quantitative estimate of drug-likeness (QED) is 0.459. The normalized spacial score (nSPS) is 28.5. The van der Waals surface area contributed by atoms with Gasteiger partial charge in [-0.25, -0.2) is 5.43 Å². The zero-order valence-corrected chi connectivity index (χ0v) is 7.15. The number of hydrogen-bond acceptors (Lipinski definition) is 3. The van der Waals surface area contributed by atoms with Crippen molar-refractivity contribution >= 4 is 5.91 Å². The lowest BCUT2D eigenvalue weighted by molar-refractivity contribution is -0.125. The fourth-order valence-electron chi connectivity index (χ4n) is 1.96. The van der Waals surface area contributed by atoms with Crippen LogP contribution in [0.3, 0.4) is 0 Å². The molecule has 1 spiro atoms. The zero-order valence-electron chi connectivity index (χ0n) is 7.15. The largest absolute Gasteiger partial charge is 0.317 e. The summed E-state index contributed by atoms with van der Waals surface area (Å²) in [5.41, 5.74) is 6.06. The van der Waals surface area contributed by atoms with Crippen LogP contribution in [0.4, 0.5) is 0 Å². The second-order valence-electron chi connectivity index (χ2n) is 3.70. The molecular formula is C8H15N3O. The molecule has 2 saturated heterocycles. The van der Waals surface area contributed by atoms with Crippen LogP contribution < -0.4 is 16.2 Å². The fourth-order valence-corrected chi connectivity index (χ4v) is 1.96. The van der Waals surface area contributed by atoms with Crippen molar-refractivity contribution < 1.29 is 4.79 Å². The maximum absolute atomic E-state index is 10.9. The molecular weight excluding hydrogens is 154 g/mol. The number of carbonyl (C=O) groups is 1. The molecule has 0 unspecified atom stereocenters. The Bertz CT molecular complexity index is 175. The molecule has 0 aromatic carbocycles. The number of rotatable bonds is 0. The maximum atomic E-state index is 10.9. The van der Waals surface area contributed by atoms with E-state index in [4.69, 9.17) is 0 Å². The van der Waals surface area contributed by atoms with Gasteiger partial charge in [0.05, 0.1) is 0 Å². The second kappa shape index (κ2) is 3.03. The predicted octanol–water partition coefficient (Wildman–Crippen LogP) is -0.477. The average Bonchev–Trinajstić information content (AvgIpc) is 2.13. The van der Waals surface area contributed by atoms with Crippen LogP contribution >= 0.6 is 0 Å². The Morgan fingerprint density at radius 3 is 2.50 bits per heavy atom. The van der Waals surface area contributed by atoms with E-state index in [1.807, 2.05) is 0 Å². The van der Waals surface area contributed by atoms with Crippen molar-refractivity contribution in [3.8, 4) is 0 Å². The van der Waals surface area contributed by atoms with Gasteiger partial charge in [0.25, 0.3) is 0 Å². The fraction of sp³-hybridized carbons (Fsp3) is 0.875. The van der Waals surface area contributed by atoms with Gasteiger partial charge >= 0.3 is 0 Å². The summed E-state index contributed by atoms with van der Waals surface area (Å²) >= 11 is 0. The van der Waals surface area contributed by atoms with Crippen LogP contribution in [0.25, 0.3) is 0 Å². The first-order chi connectivity index (χ1) is 5.81. The van der Waals surface area contributed by atoms with Gasteiger partial charge in [-0.2, -0.15) is 0 Å². The van der Waals surface area contributed by atoms with E-state index < -0.39 is 0 Å². The van der Waals surface area contributed by atoms with Crippen LogP contribution in [0.2, 0.25) is 0 Å². The van der Waals surface area contributed by atoms with Gasteiger partial charge in [-0.05, 0) is 32.4 Å². The minimum Gasteiger partial charge on any atom is -0.317 e. The van der Waals surface area contributed by atoms with E-state index >= 15 is 0 Å². The molecule has 2 aliphatic heterocycles. The van der Waals surface area contributed by atoms with E-state index in [0.717, 1.165) is 32.4 Å². The number of amides is 1. The number of carbonyl (C=O) groups excluding carboxylic acids is 1. The summed E-state index contributed by atoms with van der Waals surface area (Å²) in [6.07, 6.45) is 3.90. The molecule has 4 nitrogen and oxygen atoms in total. The Morgan fingerprint density at radius 2 is 1.92 bits per heavy atom. The minimum absolute atomic E-state index is 0.124. The summed E-state index contributed by atoms with van der Waals surface area (Å²) in [6, 6.07) is 0. The maximum Gasteiger partial charge on any atom is 0.234 e. The van der Waals surface area contributed by atoms with E-state index in [1.54, 1.807) is 0 Å². The third-order valence-corrected chi connectivity index (χ3v) is 2.86. The van der Waals surface area contributed by atoms with Crippen molar-refractivity contribution in [3.63, 3.8) is 0 Å². The first-order valence-electron chi connectivity index (χ1n) is 4.58. The predicted molar refractivity (Wildman–Crippen MR) is 45.3 cm³/mol. The first-order valence-corrected chi connectivity index (χ1v) is 4.58. The molecule has 4 heteroatoms. The van der Waals surface area contributed by atoms with Crippen LogP contribution in [0.5, 0.6) is 0 Å². The van der Waals surface area contributed by atoms with Crippen LogP contribution in [-0.2, 0) is 4.79 Å². The highest BCUT2D eigenvalue weighted by Crippen LogP contribution is 2.25. The SMILES string of the molecule is O=C1CCC2(CCNCC2)NN1. The summed E-state index contributed by atoms with van der Waals surface area (Å²) in [5, 5.41) is 3.31. The average molecular weight is 169 g/mol. The topological polar surface area (TPSA) is 53.2 Å². The summed E-state index contributed by atoms with van der Waals surface area (Å²) < 4.78 is 0. The van der Waals surface area contributed by atoms with Crippen molar-refractivity contribution in [2.24, 2.45) is 0 Å². The van der Waals surface area contributed by atoms with E-state index in [0.29, 0.717) is 6.42 Å². The summed E-state index contributed by atoms with van der Waals surface area (Å²) in [4.78, 5) is 10.9. The third kappa shape index (κ3) is 1.44. The highest BCUT2D eigenvalue weighted by Gasteiger charge is 2.35. The number of piperidine rings is 1. The molecule has 0 aliphatic carbocycles. The molecule has 0 aromatic heterocycles. The summed E-state index contributed by atoms with van der Waals surface area (Å²) in [7, 11) is 0. The number of hydrogen-bond donors (Lipinski definition) is 3. The third-order valence-electron chi connectivity index (χ3n) is 2.86. The lowest BCUT2D eigenvalue weighted by atomic mass is 9.83. The minimum atomic E-state index is 0.124. The van der Waals surface area contributed by atoms with Gasteiger partial charge in [0.1, 0.15) is 0 Å². The van der Waals surface area contributed by atoms with E-state index in [1.165, 1.54) is 0 Å². The van der Waals surface area contributed by atoms with Crippen molar-refractivity contribution in [3.05, 3.63) is 0 Å². The van der Waals surface area contributed by atoms with Gasteiger partial charge in [-0.15, -0.1) is 0 Å². The standard InChI is InChI=1S/C8H15N3O/c12-7-1-2-8(11-10-7)3-5-9-6-4-8/h9,11H,1-6H2,(H,10,12). The molecule has 2 aliphatic rings. The van der Waals surface area contributed by atoms with Gasteiger partial charge in [0, 0.05) is 12.0 Å². The molecule has 12 heavy (non-hydrogen) atoms. The van der Waals surface area contributed by atoms with Crippen LogP contribution in [0.15, 0.2) is 0 Å². The van der Waals surface area contributed by atoms with Gasteiger partial charge in [0.2, 0.25) is 5.91 Å². The molecule has 0 saturated carbocycles.